The molecule has 0 unspecified atom stereocenters. The third kappa shape index (κ3) is 7.53. The van der Waals surface area contributed by atoms with E-state index in [9.17, 15) is 0 Å². The molecule has 1 aliphatic heterocycles. The van der Waals surface area contributed by atoms with Crippen molar-refractivity contribution in [2.45, 2.75) is 19.9 Å². The molecule has 30 heavy (non-hydrogen) atoms. The summed E-state index contributed by atoms with van der Waals surface area (Å²) in [6, 6.07) is 11.2. The van der Waals surface area contributed by atoms with Crippen LogP contribution in [0.3, 0.4) is 0 Å². The molecule has 3 N–H and O–H groups in total. The SMILES string of the molecule is CCOc1ccc(Oc2cc(CN=C(N)NCCCN3CCOCC3)ccn2)cc1. The molecule has 0 spiro atoms. The number of benzene rings is 1. The van der Waals surface area contributed by atoms with Crippen LogP contribution in [-0.4, -0.2) is 61.8 Å². The number of guanidine groups is 1. The van der Waals surface area contributed by atoms with Crippen LogP contribution >= 0.6 is 0 Å². The number of morpholine rings is 1. The zero-order valence-corrected chi connectivity index (χ0v) is 17.5. The van der Waals surface area contributed by atoms with Crippen LogP contribution in [-0.2, 0) is 11.3 Å². The number of hydrogen-bond donors (Lipinski definition) is 2. The highest BCUT2D eigenvalue weighted by Crippen LogP contribution is 2.23. The fourth-order valence-electron chi connectivity index (χ4n) is 3.07. The average molecular weight is 414 g/mol. The van der Waals surface area contributed by atoms with Crippen LogP contribution in [0.25, 0.3) is 0 Å². The highest BCUT2D eigenvalue weighted by Gasteiger charge is 2.09. The lowest BCUT2D eigenvalue weighted by atomic mass is 10.2. The molecule has 0 saturated carbocycles. The smallest absolute Gasteiger partial charge is 0.219 e. The first kappa shape index (κ1) is 21.9. The van der Waals surface area contributed by atoms with Crippen molar-refractivity contribution in [3.8, 4) is 17.4 Å². The van der Waals surface area contributed by atoms with Gasteiger partial charge in [0.05, 0.1) is 26.4 Å². The van der Waals surface area contributed by atoms with E-state index in [2.05, 4.69) is 20.2 Å². The van der Waals surface area contributed by atoms with Crippen molar-refractivity contribution in [2.24, 2.45) is 10.7 Å². The molecule has 2 heterocycles. The maximum absolute atomic E-state index is 5.99. The molecule has 0 radical (unpaired) electrons. The standard InChI is InChI=1S/C22H31N5O3/c1-2-29-19-4-6-20(7-5-19)30-21-16-18(8-10-24-21)17-26-22(23)25-9-3-11-27-12-14-28-15-13-27/h4-8,10,16H,2-3,9,11-15,17H2,1H3,(H3,23,25,26). The summed E-state index contributed by atoms with van der Waals surface area (Å²) in [5.41, 5.74) is 6.96. The number of hydrogen-bond acceptors (Lipinski definition) is 6. The second kappa shape index (κ2) is 12.0. The zero-order chi connectivity index (χ0) is 21.0. The van der Waals surface area contributed by atoms with Crippen LogP contribution in [0.5, 0.6) is 17.4 Å². The van der Waals surface area contributed by atoms with Crippen LogP contribution in [0.15, 0.2) is 47.6 Å². The van der Waals surface area contributed by atoms with Crippen LogP contribution < -0.4 is 20.5 Å². The highest BCUT2D eigenvalue weighted by atomic mass is 16.5. The lowest BCUT2D eigenvalue weighted by Crippen LogP contribution is -2.39. The molecule has 2 aromatic rings. The highest BCUT2D eigenvalue weighted by molar-refractivity contribution is 5.77. The van der Waals surface area contributed by atoms with Gasteiger partial charge in [0.1, 0.15) is 11.5 Å². The fraction of sp³-hybridized carbons (Fsp3) is 0.455. The average Bonchev–Trinajstić information content (AvgIpc) is 2.78. The second-order valence-electron chi connectivity index (χ2n) is 6.94. The first-order chi connectivity index (χ1) is 14.7. The molecule has 3 rings (SSSR count). The number of rotatable bonds is 10. The number of nitrogens with two attached hydrogens (primary N) is 1. The Kier molecular flexibility index (Phi) is 8.74. The van der Waals surface area contributed by atoms with Crippen molar-refractivity contribution in [2.75, 3.05) is 46.0 Å². The van der Waals surface area contributed by atoms with E-state index < -0.39 is 0 Å². The van der Waals surface area contributed by atoms with Crippen LogP contribution in [0.2, 0.25) is 0 Å². The van der Waals surface area contributed by atoms with Crippen LogP contribution in [0.4, 0.5) is 0 Å². The summed E-state index contributed by atoms with van der Waals surface area (Å²) in [6.07, 6.45) is 2.73. The molecular weight excluding hydrogens is 382 g/mol. The van der Waals surface area contributed by atoms with Crippen LogP contribution in [0, 0.1) is 0 Å². The predicted octanol–water partition coefficient (Wildman–Crippen LogP) is 2.40. The van der Waals surface area contributed by atoms with Gasteiger partial charge in [0.25, 0.3) is 0 Å². The molecule has 8 nitrogen and oxygen atoms in total. The van der Waals surface area contributed by atoms with E-state index in [4.69, 9.17) is 19.9 Å². The van der Waals surface area contributed by atoms with E-state index in [0.29, 0.717) is 30.7 Å². The molecule has 0 bridgehead atoms. The largest absolute Gasteiger partial charge is 0.494 e. The quantitative estimate of drug-likeness (QED) is 0.351. The Balaban J connectivity index is 1.42. The summed E-state index contributed by atoms with van der Waals surface area (Å²) in [7, 11) is 0. The first-order valence-corrected chi connectivity index (χ1v) is 10.4. The summed E-state index contributed by atoms with van der Waals surface area (Å²) < 4.78 is 16.6. The van der Waals surface area contributed by atoms with Gasteiger partial charge in [0.15, 0.2) is 5.96 Å². The first-order valence-electron chi connectivity index (χ1n) is 10.4. The Morgan fingerprint density at radius 1 is 1.20 bits per heavy atom. The van der Waals surface area contributed by atoms with Crippen molar-refractivity contribution in [3.63, 3.8) is 0 Å². The van der Waals surface area contributed by atoms with Crippen molar-refractivity contribution in [1.29, 1.82) is 0 Å². The van der Waals surface area contributed by atoms with E-state index in [1.165, 1.54) is 0 Å². The number of pyridine rings is 1. The van der Waals surface area contributed by atoms with E-state index in [-0.39, 0.29) is 0 Å². The fourth-order valence-corrected chi connectivity index (χ4v) is 3.07. The molecule has 8 heteroatoms. The summed E-state index contributed by atoms with van der Waals surface area (Å²) in [5, 5.41) is 3.17. The van der Waals surface area contributed by atoms with E-state index in [1.807, 2.05) is 43.3 Å². The lowest BCUT2D eigenvalue weighted by Gasteiger charge is -2.26. The van der Waals surface area contributed by atoms with E-state index in [0.717, 1.165) is 57.1 Å². The molecule has 1 aromatic heterocycles. The molecule has 0 atom stereocenters. The minimum atomic E-state index is 0.447. The summed E-state index contributed by atoms with van der Waals surface area (Å²) in [4.78, 5) is 11.1. The normalized spacial score (nSPS) is 15.0. The summed E-state index contributed by atoms with van der Waals surface area (Å²) in [6.45, 7) is 8.56. The van der Waals surface area contributed by atoms with Crippen molar-refractivity contribution in [1.82, 2.24) is 15.2 Å². The summed E-state index contributed by atoms with van der Waals surface area (Å²) in [5.74, 6) is 2.48. The second-order valence-corrected chi connectivity index (χ2v) is 6.94. The number of ether oxygens (including phenoxy) is 3. The molecule has 162 valence electrons. The van der Waals surface area contributed by atoms with Crippen molar-refractivity contribution in [3.05, 3.63) is 48.2 Å². The predicted molar refractivity (Wildman–Crippen MR) is 117 cm³/mol. The van der Waals surface area contributed by atoms with Gasteiger partial charge in [-0.2, -0.15) is 0 Å². The van der Waals surface area contributed by atoms with E-state index in [1.54, 1.807) is 6.20 Å². The van der Waals surface area contributed by atoms with Gasteiger partial charge in [-0.05, 0) is 55.8 Å². The molecule has 1 aromatic carbocycles. The number of aromatic nitrogens is 1. The molecule has 1 fully saturated rings. The van der Waals surface area contributed by atoms with Crippen molar-refractivity contribution < 1.29 is 14.2 Å². The Hall–Kier alpha value is -2.84. The van der Waals surface area contributed by atoms with E-state index >= 15 is 0 Å². The van der Waals surface area contributed by atoms with Gasteiger partial charge in [0.2, 0.25) is 5.88 Å². The molecule has 1 saturated heterocycles. The van der Waals surface area contributed by atoms with Crippen LogP contribution in [0.1, 0.15) is 18.9 Å². The molecule has 1 aliphatic rings. The van der Waals surface area contributed by atoms with Gasteiger partial charge in [-0.15, -0.1) is 0 Å². The minimum Gasteiger partial charge on any atom is -0.494 e. The number of nitrogens with one attached hydrogen (secondary N) is 1. The number of aliphatic imine (C=N–C) groups is 1. The van der Waals surface area contributed by atoms with Gasteiger partial charge < -0.3 is 25.3 Å². The Labute approximate surface area is 178 Å². The monoisotopic (exact) mass is 413 g/mol. The van der Waals surface area contributed by atoms with Gasteiger partial charge in [0, 0.05) is 31.9 Å². The van der Waals surface area contributed by atoms with Gasteiger partial charge in [-0.1, -0.05) is 0 Å². The third-order valence-electron chi connectivity index (χ3n) is 4.65. The van der Waals surface area contributed by atoms with Gasteiger partial charge in [-0.25, -0.2) is 9.98 Å². The molecule has 0 aliphatic carbocycles. The maximum Gasteiger partial charge on any atom is 0.219 e. The minimum absolute atomic E-state index is 0.447. The van der Waals surface area contributed by atoms with Gasteiger partial charge in [-0.3, -0.25) is 4.90 Å². The molecule has 0 amide bonds. The Bertz CT molecular complexity index is 792. The summed E-state index contributed by atoms with van der Waals surface area (Å²) >= 11 is 0. The number of nitrogens with zero attached hydrogens (tertiary/aromatic N) is 3. The Morgan fingerprint density at radius 2 is 1.97 bits per heavy atom. The topological polar surface area (TPSA) is 94.2 Å². The molecular formula is C22H31N5O3. The van der Waals surface area contributed by atoms with Crippen molar-refractivity contribution >= 4 is 5.96 Å². The zero-order valence-electron chi connectivity index (χ0n) is 17.5. The third-order valence-corrected chi connectivity index (χ3v) is 4.65. The van der Waals surface area contributed by atoms with Gasteiger partial charge >= 0.3 is 0 Å². The maximum atomic E-state index is 5.99. The Morgan fingerprint density at radius 3 is 2.73 bits per heavy atom. The lowest BCUT2D eigenvalue weighted by molar-refractivity contribution is 0.0376.